The van der Waals surface area contributed by atoms with Crippen molar-refractivity contribution >= 4 is 12.0 Å². The minimum absolute atomic E-state index is 0.162. The molecule has 2 rings (SSSR count). The molecule has 0 radical (unpaired) electrons. The Kier molecular flexibility index (Phi) is 4.93. The first-order chi connectivity index (χ1) is 10.7. The molecule has 1 aliphatic rings. The van der Waals surface area contributed by atoms with Crippen LogP contribution < -0.4 is 5.73 Å². The Bertz CT molecular complexity index is 578. The molecular formula is C15H25N5O3. The van der Waals surface area contributed by atoms with Crippen molar-refractivity contribution in [3.63, 3.8) is 0 Å². The molecule has 8 heteroatoms. The molecule has 1 fully saturated rings. The van der Waals surface area contributed by atoms with E-state index in [1.54, 1.807) is 26.9 Å². The monoisotopic (exact) mass is 323 g/mol. The molecule has 2 amide bonds. The molecule has 0 spiro atoms. The Morgan fingerprint density at radius 3 is 2.61 bits per heavy atom. The Morgan fingerprint density at radius 2 is 2.09 bits per heavy atom. The Hall–Kier alpha value is -2.09. The molecule has 0 saturated carbocycles. The SMILES string of the molecule is Cn1cnc(C(=O)N2CCN(C(=O)OC(C)(C)C)CC2CN)c1. The minimum atomic E-state index is -0.545. The molecule has 1 atom stereocenters. The summed E-state index contributed by atoms with van der Waals surface area (Å²) in [7, 11) is 1.81. The van der Waals surface area contributed by atoms with Gasteiger partial charge in [-0.15, -0.1) is 0 Å². The molecule has 2 heterocycles. The average molecular weight is 323 g/mol. The van der Waals surface area contributed by atoms with Crippen LogP contribution >= 0.6 is 0 Å². The summed E-state index contributed by atoms with van der Waals surface area (Å²) in [5.74, 6) is -0.162. The summed E-state index contributed by atoms with van der Waals surface area (Å²) in [5.41, 5.74) is 5.65. The van der Waals surface area contributed by atoms with E-state index < -0.39 is 5.60 Å². The van der Waals surface area contributed by atoms with Crippen LogP contribution in [0.3, 0.4) is 0 Å². The lowest BCUT2D eigenvalue weighted by Gasteiger charge is -2.40. The number of nitrogens with zero attached hydrogens (tertiary/aromatic N) is 4. The lowest BCUT2D eigenvalue weighted by molar-refractivity contribution is 0.00517. The summed E-state index contributed by atoms with van der Waals surface area (Å²) >= 11 is 0. The van der Waals surface area contributed by atoms with Gasteiger partial charge in [-0.05, 0) is 20.8 Å². The van der Waals surface area contributed by atoms with Gasteiger partial charge in [0.25, 0.3) is 5.91 Å². The first kappa shape index (κ1) is 17.3. The number of aromatic nitrogens is 2. The molecule has 1 aliphatic heterocycles. The van der Waals surface area contributed by atoms with Crippen LogP contribution in [0, 0.1) is 0 Å². The summed E-state index contributed by atoms with van der Waals surface area (Å²) in [4.78, 5) is 32.1. The van der Waals surface area contributed by atoms with E-state index in [4.69, 9.17) is 10.5 Å². The maximum absolute atomic E-state index is 12.5. The van der Waals surface area contributed by atoms with Crippen LogP contribution in [0.25, 0.3) is 0 Å². The van der Waals surface area contributed by atoms with Gasteiger partial charge in [0.05, 0.1) is 12.4 Å². The van der Waals surface area contributed by atoms with E-state index in [2.05, 4.69) is 4.98 Å². The molecule has 23 heavy (non-hydrogen) atoms. The third kappa shape index (κ3) is 4.22. The van der Waals surface area contributed by atoms with Gasteiger partial charge in [-0.2, -0.15) is 0 Å². The van der Waals surface area contributed by atoms with Crippen molar-refractivity contribution in [1.29, 1.82) is 0 Å². The molecule has 1 aromatic heterocycles. The van der Waals surface area contributed by atoms with E-state index in [1.807, 2.05) is 27.8 Å². The van der Waals surface area contributed by atoms with Crippen LogP contribution in [0.4, 0.5) is 4.79 Å². The van der Waals surface area contributed by atoms with Gasteiger partial charge >= 0.3 is 6.09 Å². The van der Waals surface area contributed by atoms with Gasteiger partial charge in [0, 0.05) is 39.4 Å². The molecular weight excluding hydrogens is 298 g/mol. The third-order valence-electron chi connectivity index (χ3n) is 3.59. The molecule has 0 aromatic carbocycles. The van der Waals surface area contributed by atoms with Crippen molar-refractivity contribution in [2.45, 2.75) is 32.4 Å². The molecule has 8 nitrogen and oxygen atoms in total. The molecule has 0 aliphatic carbocycles. The van der Waals surface area contributed by atoms with Crippen LogP contribution in [0.1, 0.15) is 31.3 Å². The number of amides is 2. The van der Waals surface area contributed by atoms with Crippen molar-refractivity contribution < 1.29 is 14.3 Å². The quantitative estimate of drug-likeness (QED) is 0.852. The maximum atomic E-state index is 12.5. The number of aryl methyl sites for hydroxylation is 1. The number of hydrogen-bond donors (Lipinski definition) is 1. The van der Waals surface area contributed by atoms with Gasteiger partial charge in [0.2, 0.25) is 0 Å². The standard InChI is InChI=1S/C15H25N5O3/c1-15(2,3)23-14(22)19-5-6-20(11(7-16)8-19)13(21)12-9-18(4)10-17-12/h9-11H,5-8,16H2,1-4H3. The number of imidazole rings is 1. The van der Waals surface area contributed by atoms with Crippen LogP contribution in [0.2, 0.25) is 0 Å². The van der Waals surface area contributed by atoms with Gasteiger partial charge in [-0.1, -0.05) is 0 Å². The first-order valence-electron chi connectivity index (χ1n) is 7.68. The van der Waals surface area contributed by atoms with Gasteiger partial charge in [0.15, 0.2) is 0 Å². The number of nitrogens with two attached hydrogens (primary N) is 1. The van der Waals surface area contributed by atoms with Crippen LogP contribution in [0.5, 0.6) is 0 Å². The summed E-state index contributed by atoms with van der Waals surface area (Å²) in [6.45, 7) is 6.95. The highest BCUT2D eigenvalue weighted by Crippen LogP contribution is 2.16. The van der Waals surface area contributed by atoms with Crippen LogP contribution in [-0.2, 0) is 11.8 Å². The number of carbonyl (C=O) groups is 2. The fraction of sp³-hybridized carbons (Fsp3) is 0.667. The number of rotatable bonds is 2. The van der Waals surface area contributed by atoms with E-state index >= 15 is 0 Å². The predicted octanol–water partition coefficient (Wildman–Crippen LogP) is 0.440. The average Bonchev–Trinajstić information content (AvgIpc) is 2.90. The minimum Gasteiger partial charge on any atom is -0.444 e. The molecule has 128 valence electrons. The Balaban J connectivity index is 2.04. The second-order valence-corrected chi connectivity index (χ2v) is 6.74. The third-order valence-corrected chi connectivity index (χ3v) is 3.59. The highest BCUT2D eigenvalue weighted by molar-refractivity contribution is 5.92. The summed E-state index contributed by atoms with van der Waals surface area (Å²) < 4.78 is 7.10. The fourth-order valence-corrected chi connectivity index (χ4v) is 2.49. The second-order valence-electron chi connectivity index (χ2n) is 6.74. The molecule has 1 saturated heterocycles. The van der Waals surface area contributed by atoms with Crippen molar-refractivity contribution in [3.8, 4) is 0 Å². The topological polar surface area (TPSA) is 93.7 Å². The summed E-state index contributed by atoms with van der Waals surface area (Å²) in [5, 5.41) is 0. The number of hydrogen-bond acceptors (Lipinski definition) is 5. The normalized spacial score (nSPS) is 18.9. The zero-order chi connectivity index (χ0) is 17.2. The summed E-state index contributed by atoms with van der Waals surface area (Å²) in [6.07, 6.45) is 2.89. The smallest absolute Gasteiger partial charge is 0.410 e. The van der Waals surface area contributed by atoms with E-state index in [9.17, 15) is 9.59 Å². The van der Waals surface area contributed by atoms with Crippen molar-refractivity contribution in [1.82, 2.24) is 19.4 Å². The zero-order valence-corrected chi connectivity index (χ0v) is 14.2. The van der Waals surface area contributed by atoms with Crippen LogP contribution in [-0.4, -0.2) is 69.2 Å². The van der Waals surface area contributed by atoms with Crippen molar-refractivity contribution in [2.75, 3.05) is 26.2 Å². The second kappa shape index (κ2) is 6.57. The van der Waals surface area contributed by atoms with E-state index in [0.717, 1.165) is 0 Å². The van der Waals surface area contributed by atoms with E-state index in [1.165, 1.54) is 0 Å². The Labute approximate surface area is 136 Å². The highest BCUT2D eigenvalue weighted by atomic mass is 16.6. The number of ether oxygens (including phenoxy) is 1. The number of piperazine rings is 1. The highest BCUT2D eigenvalue weighted by Gasteiger charge is 2.34. The van der Waals surface area contributed by atoms with Crippen molar-refractivity contribution in [2.24, 2.45) is 12.8 Å². The molecule has 1 unspecified atom stereocenters. The van der Waals surface area contributed by atoms with Gasteiger partial charge < -0.3 is 24.8 Å². The van der Waals surface area contributed by atoms with Gasteiger partial charge in [-0.3, -0.25) is 4.79 Å². The lowest BCUT2D eigenvalue weighted by atomic mass is 10.1. The van der Waals surface area contributed by atoms with E-state index in [-0.39, 0.29) is 24.6 Å². The van der Waals surface area contributed by atoms with Gasteiger partial charge in [0.1, 0.15) is 11.3 Å². The predicted molar refractivity (Wildman–Crippen MR) is 84.9 cm³/mol. The molecule has 1 aromatic rings. The van der Waals surface area contributed by atoms with E-state index in [0.29, 0.717) is 25.3 Å². The molecule has 0 bridgehead atoms. The summed E-state index contributed by atoms with van der Waals surface area (Å²) in [6, 6.07) is -0.245. The fourth-order valence-electron chi connectivity index (χ4n) is 2.49. The largest absolute Gasteiger partial charge is 0.444 e. The lowest BCUT2D eigenvalue weighted by Crippen LogP contribution is -2.59. The number of carbonyl (C=O) groups excluding carboxylic acids is 2. The maximum Gasteiger partial charge on any atom is 0.410 e. The first-order valence-corrected chi connectivity index (χ1v) is 7.68. The zero-order valence-electron chi connectivity index (χ0n) is 14.2. The Morgan fingerprint density at radius 1 is 1.39 bits per heavy atom. The van der Waals surface area contributed by atoms with Gasteiger partial charge in [-0.25, -0.2) is 9.78 Å². The van der Waals surface area contributed by atoms with Crippen LogP contribution in [0.15, 0.2) is 12.5 Å². The van der Waals surface area contributed by atoms with Crippen molar-refractivity contribution in [3.05, 3.63) is 18.2 Å². The molecule has 2 N–H and O–H groups in total.